The van der Waals surface area contributed by atoms with Crippen LogP contribution in [0.3, 0.4) is 0 Å². The number of ether oxygens (including phenoxy) is 1. The van der Waals surface area contributed by atoms with Gasteiger partial charge in [0.15, 0.2) is 5.13 Å². The van der Waals surface area contributed by atoms with E-state index in [4.69, 9.17) is 9.72 Å². The Morgan fingerprint density at radius 1 is 1.06 bits per heavy atom. The maximum atomic E-state index is 13.4. The molecule has 0 saturated heterocycles. The summed E-state index contributed by atoms with van der Waals surface area (Å²) in [7, 11) is 1.66. The monoisotopic (exact) mass is 461 g/mol. The molecule has 168 valence electrons. The third kappa shape index (κ3) is 6.19. The first-order valence-electron chi connectivity index (χ1n) is 10.5. The summed E-state index contributed by atoms with van der Waals surface area (Å²) in [5.41, 5.74) is 4.33. The highest BCUT2D eigenvalue weighted by Gasteiger charge is 2.21. The van der Waals surface area contributed by atoms with Crippen LogP contribution in [0, 0.1) is 13.8 Å². The van der Waals surface area contributed by atoms with Crippen molar-refractivity contribution in [2.75, 3.05) is 38.2 Å². The van der Waals surface area contributed by atoms with Crippen molar-refractivity contribution in [3.63, 3.8) is 0 Å². The second-order valence-electron chi connectivity index (χ2n) is 7.51. The van der Waals surface area contributed by atoms with E-state index in [1.165, 1.54) is 5.56 Å². The van der Waals surface area contributed by atoms with Crippen LogP contribution in [0.4, 0.5) is 5.13 Å². The van der Waals surface area contributed by atoms with E-state index in [2.05, 4.69) is 50.8 Å². The van der Waals surface area contributed by atoms with Gasteiger partial charge in [0, 0.05) is 13.1 Å². The van der Waals surface area contributed by atoms with E-state index in [0.29, 0.717) is 13.0 Å². The number of hydrogen-bond acceptors (Lipinski definition) is 5. The number of hydrogen-bond donors (Lipinski definition) is 0. The number of aryl methyl sites for hydroxylation is 2. The number of aromatic nitrogens is 1. The first-order chi connectivity index (χ1) is 14.4. The second kappa shape index (κ2) is 11.5. The van der Waals surface area contributed by atoms with Gasteiger partial charge >= 0.3 is 0 Å². The molecule has 5 nitrogen and oxygen atoms in total. The van der Waals surface area contributed by atoms with Crippen molar-refractivity contribution < 1.29 is 9.53 Å². The number of halogens is 1. The molecule has 0 aliphatic carbocycles. The standard InChI is InChI=1S/C24H31N3O2S.ClH/c1-6-26(7-2)12-13-27(23(28)15-19-9-8-17(3)14-18(19)4)24-25-21-11-10-20(29-5)16-22(21)30-24;/h8-11,14,16H,6-7,12-13,15H2,1-5H3;1H. The highest BCUT2D eigenvalue weighted by Crippen LogP contribution is 2.32. The number of carbonyl (C=O) groups excluding carboxylic acids is 1. The Bertz CT molecular complexity index is 1020. The molecule has 1 heterocycles. The number of rotatable bonds is 9. The fourth-order valence-electron chi connectivity index (χ4n) is 3.55. The van der Waals surface area contributed by atoms with Crippen molar-refractivity contribution in [1.29, 1.82) is 0 Å². The van der Waals surface area contributed by atoms with E-state index in [9.17, 15) is 4.79 Å². The molecule has 1 amide bonds. The van der Waals surface area contributed by atoms with Crippen LogP contribution < -0.4 is 9.64 Å². The Morgan fingerprint density at radius 2 is 1.81 bits per heavy atom. The Morgan fingerprint density at radius 3 is 2.45 bits per heavy atom. The zero-order valence-corrected chi connectivity index (χ0v) is 20.6. The van der Waals surface area contributed by atoms with E-state index in [1.807, 2.05) is 23.1 Å². The van der Waals surface area contributed by atoms with Crippen molar-refractivity contribution in [2.45, 2.75) is 34.1 Å². The quantitative estimate of drug-likeness (QED) is 0.436. The van der Waals surface area contributed by atoms with Gasteiger partial charge < -0.3 is 9.64 Å². The Balaban J connectivity index is 0.00000341. The molecule has 0 atom stereocenters. The van der Waals surface area contributed by atoms with Crippen LogP contribution in [0.2, 0.25) is 0 Å². The van der Waals surface area contributed by atoms with Crippen molar-refractivity contribution in [2.24, 2.45) is 0 Å². The predicted octanol–water partition coefficient (Wildman–Crippen LogP) is 5.26. The Kier molecular flexibility index (Phi) is 9.29. The van der Waals surface area contributed by atoms with E-state index < -0.39 is 0 Å². The Hall–Kier alpha value is -2.15. The lowest BCUT2D eigenvalue weighted by atomic mass is 10.0. The van der Waals surface area contributed by atoms with E-state index >= 15 is 0 Å². The zero-order chi connectivity index (χ0) is 21.7. The molecule has 7 heteroatoms. The Labute approximate surface area is 195 Å². The highest BCUT2D eigenvalue weighted by atomic mass is 35.5. The van der Waals surface area contributed by atoms with E-state index in [1.54, 1.807) is 18.4 Å². The number of carbonyl (C=O) groups is 1. The molecule has 0 fully saturated rings. The number of methoxy groups -OCH3 is 1. The fourth-order valence-corrected chi connectivity index (χ4v) is 4.58. The lowest BCUT2D eigenvalue weighted by molar-refractivity contribution is -0.118. The third-order valence-corrected chi connectivity index (χ3v) is 6.53. The van der Waals surface area contributed by atoms with Gasteiger partial charge in [0.1, 0.15) is 5.75 Å². The van der Waals surface area contributed by atoms with Gasteiger partial charge in [-0.15, -0.1) is 12.4 Å². The van der Waals surface area contributed by atoms with Crippen molar-refractivity contribution in [3.05, 3.63) is 53.1 Å². The number of thiazole rings is 1. The molecule has 0 bridgehead atoms. The summed E-state index contributed by atoms with van der Waals surface area (Å²) in [4.78, 5) is 22.3. The minimum atomic E-state index is 0. The van der Waals surface area contributed by atoms with Crippen LogP contribution in [-0.4, -0.2) is 49.1 Å². The van der Waals surface area contributed by atoms with Crippen LogP contribution >= 0.6 is 23.7 Å². The van der Waals surface area contributed by atoms with Crippen LogP contribution in [-0.2, 0) is 11.2 Å². The van der Waals surface area contributed by atoms with Crippen LogP contribution in [0.5, 0.6) is 5.75 Å². The molecular weight excluding hydrogens is 430 g/mol. The maximum absolute atomic E-state index is 13.4. The number of anilines is 1. The molecule has 31 heavy (non-hydrogen) atoms. The predicted molar refractivity (Wildman–Crippen MR) is 133 cm³/mol. The van der Waals surface area contributed by atoms with Gasteiger partial charge in [-0.25, -0.2) is 4.98 Å². The van der Waals surface area contributed by atoms with Gasteiger partial charge in [0.2, 0.25) is 5.91 Å². The van der Waals surface area contributed by atoms with Crippen LogP contribution in [0.1, 0.15) is 30.5 Å². The van der Waals surface area contributed by atoms with Gasteiger partial charge in [-0.3, -0.25) is 9.69 Å². The molecule has 0 unspecified atom stereocenters. The lowest BCUT2D eigenvalue weighted by Gasteiger charge is -2.25. The average molecular weight is 462 g/mol. The van der Waals surface area contributed by atoms with Gasteiger partial charge in [-0.05, 0) is 56.3 Å². The molecule has 0 aliphatic heterocycles. The summed E-state index contributed by atoms with van der Waals surface area (Å²) in [6.45, 7) is 11.8. The largest absolute Gasteiger partial charge is 0.497 e. The number of amides is 1. The fraction of sp³-hybridized carbons (Fsp3) is 0.417. The summed E-state index contributed by atoms with van der Waals surface area (Å²) >= 11 is 1.54. The summed E-state index contributed by atoms with van der Waals surface area (Å²) < 4.78 is 6.37. The molecule has 0 saturated carbocycles. The summed E-state index contributed by atoms with van der Waals surface area (Å²) in [6, 6.07) is 12.1. The average Bonchev–Trinajstić information content (AvgIpc) is 3.15. The first-order valence-corrected chi connectivity index (χ1v) is 11.3. The van der Waals surface area contributed by atoms with E-state index in [0.717, 1.165) is 51.9 Å². The maximum Gasteiger partial charge on any atom is 0.233 e. The van der Waals surface area contributed by atoms with Gasteiger partial charge in [-0.2, -0.15) is 0 Å². The molecule has 0 spiro atoms. The first kappa shape index (κ1) is 25.1. The summed E-state index contributed by atoms with van der Waals surface area (Å²) in [5.74, 6) is 0.883. The topological polar surface area (TPSA) is 45.7 Å². The smallest absolute Gasteiger partial charge is 0.233 e. The normalized spacial score (nSPS) is 10.9. The molecule has 0 N–H and O–H groups in total. The van der Waals surface area contributed by atoms with Crippen molar-refractivity contribution >= 4 is 45.0 Å². The number of fused-ring (bicyclic) bond motifs is 1. The number of nitrogens with zero attached hydrogens (tertiary/aromatic N) is 3. The van der Waals surface area contributed by atoms with Crippen LogP contribution in [0.15, 0.2) is 36.4 Å². The molecule has 3 aromatic rings. The summed E-state index contributed by atoms with van der Waals surface area (Å²) in [6.07, 6.45) is 0.379. The molecular formula is C24H32ClN3O2S. The molecule has 3 rings (SSSR count). The number of likely N-dealkylation sites (N-methyl/N-ethyl adjacent to an activating group) is 1. The minimum absolute atomic E-state index is 0. The van der Waals surface area contributed by atoms with Gasteiger partial charge in [0.25, 0.3) is 0 Å². The SMILES string of the molecule is CCN(CC)CCN(C(=O)Cc1ccc(C)cc1C)c1nc2ccc(OC)cc2s1.Cl. The molecule has 0 radical (unpaired) electrons. The van der Waals surface area contributed by atoms with Gasteiger partial charge in [-0.1, -0.05) is 48.9 Å². The minimum Gasteiger partial charge on any atom is -0.497 e. The van der Waals surface area contributed by atoms with Gasteiger partial charge in [0.05, 0.1) is 23.7 Å². The van der Waals surface area contributed by atoms with Crippen molar-refractivity contribution in [3.8, 4) is 5.75 Å². The van der Waals surface area contributed by atoms with Crippen LogP contribution in [0.25, 0.3) is 10.2 Å². The lowest BCUT2D eigenvalue weighted by Crippen LogP contribution is -2.39. The zero-order valence-electron chi connectivity index (χ0n) is 19.0. The molecule has 1 aromatic heterocycles. The molecule has 0 aliphatic rings. The molecule has 2 aromatic carbocycles. The van der Waals surface area contributed by atoms with Crippen molar-refractivity contribution in [1.82, 2.24) is 9.88 Å². The third-order valence-electron chi connectivity index (χ3n) is 5.49. The summed E-state index contributed by atoms with van der Waals surface area (Å²) in [5, 5.41) is 0.750. The highest BCUT2D eigenvalue weighted by molar-refractivity contribution is 7.22. The van der Waals surface area contributed by atoms with E-state index in [-0.39, 0.29) is 18.3 Å². The number of benzene rings is 2. The second-order valence-corrected chi connectivity index (χ2v) is 8.52.